The van der Waals surface area contributed by atoms with Crippen molar-refractivity contribution in [3.63, 3.8) is 0 Å². The maximum Gasteiger partial charge on any atom is 0.245 e. The molecular weight excluding hydrogens is 454 g/mol. The lowest BCUT2D eigenvalue weighted by molar-refractivity contribution is -0.139. The quantitative estimate of drug-likeness (QED) is 0.431. The zero-order valence-electron chi connectivity index (χ0n) is 19.4. The van der Waals surface area contributed by atoms with Crippen molar-refractivity contribution in [1.29, 1.82) is 0 Å². The van der Waals surface area contributed by atoms with Gasteiger partial charge in [-0.1, -0.05) is 18.2 Å². The minimum atomic E-state index is -1.11. The lowest BCUT2D eigenvalue weighted by atomic mass is 10.0. The molecule has 0 aliphatic carbocycles. The van der Waals surface area contributed by atoms with Crippen molar-refractivity contribution < 1.29 is 23.2 Å². The second-order valence-electron chi connectivity index (χ2n) is 8.87. The van der Waals surface area contributed by atoms with Crippen molar-refractivity contribution in [3.05, 3.63) is 71.4 Å². The third kappa shape index (κ3) is 5.85. The van der Waals surface area contributed by atoms with E-state index in [0.717, 1.165) is 47.5 Å². The van der Waals surface area contributed by atoms with Crippen LogP contribution in [0.4, 0.5) is 8.78 Å². The highest BCUT2D eigenvalue weighted by Gasteiger charge is 2.31. The third-order valence-corrected chi connectivity index (χ3v) is 6.31. The minimum absolute atomic E-state index is 0.128. The maximum atomic E-state index is 13.4. The van der Waals surface area contributed by atoms with E-state index in [0.29, 0.717) is 13.1 Å². The number of hydrogen-bond acceptors (Lipinski definition) is 3. The van der Waals surface area contributed by atoms with Crippen LogP contribution in [0, 0.1) is 17.6 Å². The molecule has 0 radical (unpaired) electrons. The van der Waals surface area contributed by atoms with Crippen LogP contribution < -0.4 is 10.6 Å². The summed E-state index contributed by atoms with van der Waals surface area (Å²) in [6, 6.07) is 9.85. The number of benzene rings is 2. The third-order valence-electron chi connectivity index (χ3n) is 6.31. The number of fused-ring (bicyclic) bond motifs is 1. The molecule has 9 heteroatoms. The fraction of sp³-hybridized carbons (Fsp3) is 0.346. The highest BCUT2D eigenvalue weighted by atomic mass is 19.1. The zero-order chi connectivity index (χ0) is 24.9. The molecule has 0 bridgehead atoms. The molecule has 3 N–H and O–H groups in total. The standard InChI is InChI=1S/C26H28F2N4O3/c1-16(24(33)30-14-17-10-19(27)13-20(28)11-17)25(34)31-23(26(35)32-8-4-5-9-32)12-18-15-29-22-7-3-2-6-21(18)22/h2-3,6-7,10-11,13,15-16,23,29H,4-5,8-9,12,14H2,1H3,(H,30,33)(H,31,34). The molecule has 2 atom stereocenters. The van der Waals surface area contributed by atoms with E-state index in [1.807, 2.05) is 30.5 Å². The molecule has 7 nitrogen and oxygen atoms in total. The SMILES string of the molecule is CC(C(=O)NCc1cc(F)cc(F)c1)C(=O)NC(Cc1c[nH]c2ccccc12)C(=O)N1CCCC1. The fourth-order valence-electron chi connectivity index (χ4n) is 4.35. The second-order valence-corrected chi connectivity index (χ2v) is 8.87. The van der Waals surface area contributed by atoms with Crippen LogP contribution in [0.5, 0.6) is 0 Å². The van der Waals surface area contributed by atoms with Gasteiger partial charge in [0.25, 0.3) is 0 Å². The molecule has 1 aliphatic heterocycles. The van der Waals surface area contributed by atoms with E-state index in [1.165, 1.54) is 6.92 Å². The molecule has 1 saturated heterocycles. The van der Waals surface area contributed by atoms with Crippen LogP contribution in [0.2, 0.25) is 0 Å². The molecule has 35 heavy (non-hydrogen) atoms. The van der Waals surface area contributed by atoms with Gasteiger partial charge in [-0.15, -0.1) is 0 Å². The van der Waals surface area contributed by atoms with Crippen molar-refractivity contribution in [1.82, 2.24) is 20.5 Å². The Bertz CT molecular complexity index is 1220. The van der Waals surface area contributed by atoms with E-state index in [4.69, 9.17) is 0 Å². The number of para-hydroxylation sites is 1. The number of hydrogen-bond donors (Lipinski definition) is 3. The minimum Gasteiger partial charge on any atom is -0.361 e. The van der Waals surface area contributed by atoms with E-state index < -0.39 is 35.4 Å². The van der Waals surface area contributed by atoms with Gasteiger partial charge in [-0.2, -0.15) is 0 Å². The van der Waals surface area contributed by atoms with Gasteiger partial charge >= 0.3 is 0 Å². The maximum absolute atomic E-state index is 13.4. The van der Waals surface area contributed by atoms with Gasteiger partial charge in [0, 0.05) is 49.2 Å². The first-order chi connectivity index (χ1) is 16.8. The highest BCUT2D eigenvalue weighted by molar-refractivity contribution is 6.01. The van der Waals surface area contributed by atoms with Crippen LogP contribution in [0.1, 0.15) is 30.9 Å². The summed E-state index contributed by atoms with van der Waals surface area (Å²) >= 11 is 0. The lowest BCUT2D eigenvalue weighted by Gasteiger charge is -2.25. The van der Waals surface area contributed by atoms with Gasteiger partial charge in [0.15, 0.2) is 0 Å². The average molecular weight is 483 g/mol. The Balaban J connectivity index is 1.44. The number of likely N-dealkylation sites (tertiary alicyclic amines) is 1. The Hall–Kier alpha value is -3.75. The average Bonchev–Trinajstić information content (AvgIpc) is 3.51. The van der Waals surface area contributed by atoms with Crippen LogP contribution in [0.25, 0.3) is 10.9 Å². The molecule has 0 saturated carbocycles. The van der Waals surface area contributed by atoms with Crippen molar-refractivity contribution in [3.8, 4) is 0 Å². The summed E-state index contributed by atoms with van der Waals surface area (Å²) in [4.78, 5) is 43.7. The molecule has 3 amide bonds. The van der Waals surface area contributed by atoms with E-state index in [2.05, 4.69) is 15.6 Å². The largest absolute Gasteiger partial charge is 0.361 e. The number of nitrogens with zero attached hydrogens (tertiary/aromatic N) is 1. The molecule has 1 aliphatic rings. The smallest absolute Gasteiger partial charge is 0.245 e. The van der Waals surface area contributed by atoms with Gasteiger partial charge in [-0.25, -0.2) is 8.78 Å². The van der Waals surface area contributed by atoms with Crippen LogP contribution in [0.3, 0.4) is 0 Å². The molecule has 184 valence electrons. The number of carbonyl (C=O) groups excluding carboxylic acids is 3. The zero-order valence-corrected chi connectivity index (χ0v) is 19.4. The Kier molecular flexibility index (Phi) is 7.43. The van der Waals surface area contributed by atoms with Crippen molar-refractivity contribution in [2.75, 3.05) is 13.1 Å². The Morgan fingerprint density at radius 1 is 1.03 bits per heavy atom. The topological polar surface area (TPSA) is 94.3 Å². The Morgan fingerprint density at radius 2 is 1.71 bits per heavy atom. The van der Waals surface area contributed by atoms with E-state index in [-0.39, 0.29) is 24.4 Å². The van der Waals surface area contributed by atoms with Gasteiger partial charge in [0.1, 0.15) is 23.6 Å². The molecule has 4 rings (SSSR count). The number of aromatic amines is 1. The number of nitrogens with one attached hydrogen (secondary N) is 3. The van der Waals surface area contributed by atoms with Crippen molar-refractivity contribution in [2.24, 2.45) is 5.92 Å². The van der Waals surface area contributed by atoms with Gasteiger partial charge in [-0.3, -0.25) is 14.4 Å². The monoisotopic (exact) mass is 482 g/mol. The fourth-order valence-corrected chi connectivity index (χ4v) is 4.35. The number of rotatable bonds is 8. The molecule has 0 spiro atoms. The second kappa shape index (κ2) is 10.7. The summed E-state index contributed by atoms with van der Waals surface area (Å²) < 4.78 is 26.8. The summed E-state index contributed by atoms with van der Waals surface area (Å²) in [6.45, 7) is 2.58. The Labute approximate surface area is 201 Å². The van der Waals surface area contributed by atoms with Gasteiger partial charge in [-0.05, 0) is 49.1 Å². The van der Waals surface area contributed by atoms with E-state index >= 15 is 0 Å². The number of aromatic nitrogens is 1. The highest BCUT2D eigenvalue weighted by Crippen LogP contribution is 2.21. The molecule has 3 aromatic rings. The molecular formula is C26H28F2N4O3. The first-order valence-corrected chi connectivity index (χ1v) is 11.7. The van der Waals surface area contributed by atoms with Gasteiger partial charge < -0.3 is 20.5 Å². The number of carbonyl (C=O) groups is 3. The molecule has 2 aromatic carbocycles. The summed E-state index contributed by atoms with van der Waals surface area (Å²) in [5.41, 5.74) is 2.07. The van der Waals surface area contributed by atoms with Crippen molar-refractivity contribution in [2.45, 2.75) is 38.8 Å². The predicted octanol–water partition coefficient (Wildman–Crippen LogP) is 3.05. The van der Waals surface area contributed by atoms with Gasteiger partial charge in [0.2, 0.25) is 17.7 Å². The summed E-state index contributed by atoms with van der Waals surface area (Å²) in [6.07, 6.45) is 3.94. The molecule has 1 aromatic heterocycles. The van der Waals surface area contributed by atoms with Crippen LogP contribution in [-0.4, -0.2) is 46.7 Å². The van der Waals surface area contributed by atoms with Crippen LogP contribution in [-0.2, 0) is 27.3 Å². The molecule has 2 unspecified atom stereocenters. The van der Waals surface area contributed by atoms with Crippen LogP contribution >= 0.6 is 0 Å². The first-order valence-electron chi connectivity index (χ1n) is 11.7. The normalized spacial score (nSPS) is 15.1. The van der Waals surface area contributed by atoms with E-state index in [9.17, 15) is 23.2 Å². The predicted molar refractivity (Wildman–Crippen MR) is 127 cm³/mol. The summed E-state index contributed by atoms with van der Waals surface area (Å²) in [5, 5.41) is 6.26. The number of halogens is 2. The van der Waals surface area contributed by atoms with Crippen molar-refractivity contribution >= 4 is 28.6 Å². The molecule has 1 fully saturated rings. The lowest BCUT2D eigenvalue weighted by Crippen LogP contribution is -2.51. The number of amides is 3. The summed E-state index contributed by atoms with van der Waals surface area (Å²) in [7, 11) is 0. The first kappa shape index (κ1) is 24.4. The number of H-pyrrole nitrogens is 1. The van der Waals surface area contributed by atoms with E-state index in [1.54, 1.807) is 4.90 Å². The van der Waals surface area contributed by atoms with Crippen LogP contribution in [0.15, 0.2) is 48.7 Å². The van der Waals surface area contributed by atoms with Gasteiger partial charge in [0.05, 0.1) is 0 Å². The Morgan fingerprint density at radius 3 is 2.43 bits per heavy atom. The molecule has 2 heterocycles. The summed E-state index contributed by atoms with van der Waals surface area (Å²) in [5.74, 6) is -3.98.